The van der Waals surface area contributed by atoms with E-state index in [2.05, 4.69) is 114 Å². The molecule has 5 aromatic rings. The molecule has 0 unspecified atom stereocenters. The van der Waals surface area contributed by atoms with Crippen molar-refractivity contribution in [3.05, 3.63) is 120 Å². The molecule has 0 N–H and O–H groups in total. The topological polar surface area (TPSA) is 3.24 Å². The van der Waals surface area contributed by atoms with Crippen LogP contribution >= 0.6 is 0 Å². The van der Waals surface area contributed by atoms with E-state index in [9.17, 15) is 0 Å². The summed E-state index contributed by atoms with van der Waals surface area (Å²) >= 11 is 0. The highest BCUT2D eigenvalue weighted by Crippen LogP contribution is 2.47. The number of hydrogen-bond acceptors (Lipinski definition) is 1. The molecule has 0 radical (unpaired) electrons. The fraction of sp³-hybridized carbons (Fsp3) is 0.0323. The number of para-hydroxylation sites is 2. The number of benzene rings is 5. The van der Waals surface area contributed by atoms with Crippen molar-refractivity contribution in [3.8, 4) is 33.4 Å². The molecule has 0 bridgehead atoms. The molecule has 0 spiro atoms. The molecular formula is C31H20BN. The van der Waals surface area contributed by atoms with Crippen molar-refractivity contribution in [2.75, 3.05) is 4.81 Å². The monoisotopic (exact) mass is 417 g/mol. The second-order valence-electron chi connectivity index (χ2n) is 9.32. The lowest BCUT2D eigenvalue weighted by Gasteiger charge is -2.43. The van der Waals surface area contributed by atoms with Crippen LogP contribution < -0.4 is 15.7 Å². The lowest BCUT2D eigenvalue weighted by Crippen LogP contribution is -2.59. The van der Waals surface area contributed by atoms with E-state index in [0.717, 1.165) is 6.42 Å². The van der Waals surface area contributed by atoms with Gasteiger partial charge in [-0.25, -0.2) is 0 Å². The van der Waals surface area contributed by atoms with Gasteiger partial charge in [0.05, 0.1) is 0 Å². The van der Waals surface area contributed by atoms with Gasteiger partial charge in [0.15, 0.2) is 0 Å². The molecule has 2 aliphatic heterocycles. The van der Waals surface area contributed by atoms with Crippen LogP contribution in [0.2, 0.25) is 0 Å². The lowest BCUT2D eigenvalue weighted by atomic mass is 9.43. The van der Waals surface area contributed by atoms with E-state index in [0.29, 0.717) is 0 Å². The molecule has 2 heteroatoms. The van der Waals surface area contributed by atoms with E-state index in [1.54, 1.807) is 0 Å². The van der Waals surface area contributed by atoms with Gasteiger partial charge in [0.25, 0.3) is 0 Å². The highest BCUT2D eigenvalue weighted by atomic mass is 15.1. The van der Waals surface area contributed by atoms with Crippen molar-refractivity contribution in [2.45, 2.75) is 6.42 Å². The van der Waals surface area contributed by atoms with Crippen molar-refractivity contribution in [1.29, 1.82) is 0 Å². The van der Waals surface area contributed by atoms with Crippen molar-refractivity contribution in [1.82, 2.24) is 0 Å². The quantitative estimate of drug-likeness (QED) is 0.268. The van der Waals surface area contributed by atoms with E-state index in [-0.39, 0.29) is 6.85 Å². The second-order valence-corrected chi connectivity index (χ2v) is 9.32. The van der Waals surface area contributed by atoms with E-state index in [1.807, 2.05) is 0 Å². The minimum atomic E-state index is 0.166. The Hall–Kier alpha value is -4.04. The maximum absolute atomic E-state index is 2.57. The predicted molar refractivity (Wildman–Crippen MR) is 139 cm³/mol. The average molecular weight is 417 g/mol. The molecule has 0 fully saturated rings. The van der Waals surface area contributed by atoms with Gasteiger partial charge in [0.1, 0.15) is 0 Å². The summed E-state index contributed by atoms with van der Waals surface area (Å²) in [6.07, 6.45) is 1.02. The van der Waals surface area contributed by atoms with Crippen molar-refractivity contribution >= 4 is 29.1 Å². The molecule has 152 valence electrons. The predicted octanol–water partition coefficient (Wildman–Crippen LogP) is 6.16. The van der Waals surface area contributed by atoms with E-state index in [4.69, 9.17) is 0 Å². The van der Waals surface area contributed by atoms with Crippen LogP contribution in [0.3, 0.4) is 0 Å². The second kappa shape index (κ2) is 6.27. The summed E-state index contributed by atoms with van der Waals surface area (Å²) in [7, 11) is 0. The molecule has 1 aliphatic carbocycles. The first-order chi connectivity index (χ1) is 16.4. The number of hydrogen-bond donors (Lipinski definition) is 0. The fourth-order valence-corrected chi connectivity index (χ4v) is 6.32. The van der Waals surface area contributed by atoms with Gasteiger partial charge in [-0.2, -0.15) is 0 Å². The van der Waals surface area contributed by atoms with Gasteiger partial charge in [0, 0.05) is 22.5 Å². The summed E-state index contributed by atoms with van der Waals surface area (Å²) in [4.78, 5) is 2.57. The molecule has 5 aromatic carbocycles. The SMILES string of the molecule is c1ccc2c(c1)Cc1cc3c(cc1-2)B1c2ccccc2-c2ccccc2N1c1ccccc1-3. The highest BCUT2D eigenvalue weighted by Gasteiger charge is 2.42. The molecule has 0 saturated heterocycles. The van der Waals surface area contributed by atoms with Gasteiger partial charge in [-0.15, -0.1) is 0 Å². The number of anilines is 2. The van der Waals surface area contributed by atoms with Crippen LogP contribution in [0.5, 0.6) is 0 Å². The smallest absolute Gasteiger partial charge is 0.329 e. The van der Waals surface area contributed by atoms with E-state index >= 15 is 0 Å². The maximum atomic E-state index is 2.57. The number of fused-ring (bicyclic) bond motifs is 14. The molecule has 2 heterocycles. The van der Waals surface area contributed by atoms with Gasteiger partial charge in [0.2, 0.25) is 0 Å². The maximum Gasteiger partial charge on any atom is 0.329 e. The minimum Gasteiger partial charge on any atom is -0.376 e. The van der Waals surface area contributed by atoms with Crippen molar-refractivity contribution < 1.29 is 0 Å². The fourth-order valence-electron chi connectivity index (χ4n) is 6.32. The highest BCUT2D eigenvalue weighted by molar-refractivity contribution is 6.92. The lowest BCUT2D eigenvalue weighted by molar-refractivity contribution is 1.26. The summed E-state index contributed by atoms with van der Waals surface area (Å²) in [5.74, 6) is 0. The van der Waals surface area contributed by atoms with Crippen LogP contribution in [0.4, 0.5) is 11.4 Å². The van der Waals surface area contributed by atoms with Crippen LogP contribution in [0.1, 0.15) is 11.1 Å². The third-order valence-corrected chi connectivity index (χ3v) is 7.68. The third-order valence-electron chi connectivity index (χ3n) is 7.68. The average Bonchev–Trinajstić information content (AvgIpc) is 3.25. The number of nitrogens with zero attached hydrogens (tertiary/aromatic N) is 1. The third kappa shape index (κ3) is 2.23. The van der Waals surface area contributed by atoms with Crippen molar-refractivity contribution in [3.63, 3.8) is 0 Å². The van der Waals surface area contributed by atoms with Crippen molar-refractivity contribution in [2.24, 2.45) is 0 Å². The molecule has 1 nitrogen and oxygen atoms in total. The van der Waals surface area contributed by atoms with Gasteiger partial charge in [-0.1, -0.05) is 97.1 Å². The molecule has 3 aliphatic rings. The first-order valence-corrected chi connectivity index (χ1v) is 11.7. The van der Waals surface area contributed by atoms with Gasteiger partial charge < -0.3 is 4.81 Å². The summed E-state index contributed by atoms with van der Waals surface area (Å²) in [5, 5.41) is 0. The van der Waals surface area contributed by atoms with E-state index in [1.165, 1.54) is 66.8 Å². The zero-order valence-electron chi connectivity index (χ0n) is 18.1. The summed E-state index contributed by atoms with van der Waals surface area (Å²) in [5.41, 5.74) is 16.4. The molecule has 33 heavy (non-hydrogen) atoms. The Morgan fingerprint density at radius 1 is 0.455 bits per heavy atom. The standard InChI is InChI=1S/C31H20BN/c1-2-10-22-20(9-1)17-21-18-27-25-13-5-8-16-31(25)33-30-15-7-4-12-24(30)23-11-3-6-14-28(23)32(33)29(27)19-26(21)22/h1-16,18-19H,17H2. The van der Waals surface area contributed by atoms with Crippen LogP contribution in [0.25, 0.3) is 33.4 Å². The zero-order chi connectivity index (χ0) is 21.5. The van der Waals surface area contributed by atoms with Gasteiger partial charge in [-0.3, -0.25) is 0 Å². The van der Waals surface area contributed by atoms with Gasteiger partial charge >= 0.3 is 6.85 Å². The molecule has 0 saturated carbocycles. The molecule has 0 aromatic heterocycles. The Balaban J connectivity index is 1.49. The first-order valence-electron chi connectivity index (χ1n) is 11.7. The first kappa shape index (κ1) is 17.5. The largest absolute Gasteiger partial charge is 0.376 e. The Bertz CT molecular complexity index is 1620. The molecular weight excluding hydrogens is 397 g/mol. The Morgan fingerprint density at radius 2 is 1.06 bits per heavy atom. The van der Waals surface area contributed by atoms with E-state index < -0.39 is 0 Å². The minimum absolute atomic E-state index is 0.166. The summed E-state index contributed by atoms with van der Waals surface area (Å²) < 4.78 is 0. The molecule has 0 atom stereocenters. The van der Waals surface area contributed by atoms with Crippen LogP contribution in [0.15, 0.2) is 109 Å². The van der Waals surface area contributed by atoms with Crippen LogP contribution in [-0.2, 0) is 6.42 Å². The van der Waals surface area contributed by atoms with Crippen LogP contribution in [0, 0.1) is 0 Å². The Morgan fingerprint density at radius 3 is 1.85 bits per heavy atom. The molecule has 8 rings (SSSR count). The van der Waals surface area contributed by atoms with Crippen LogP contribution in [-0.4, -0.2) is 6.85 Å². The Kier molecular flexibility index (Phi) is 3.33. The van der Waals surface area contributed by atoms with Gasteiger partial charge in [-0.05, 0) is 62.9 Å². The zero-order valence-corrected chi connectivity index (χ0v) is 18.1. The number of rotatable bonds is 0. The Labute approximate surface area is 194 Å². The molecule has 0 amide bonds. The summed E-state index contributed by atoms with van der Waals surface area (Å²) in [6, 6.07) is 40.6. The summed E-state index contributed by atoms with van der Waals surface area (Å²) in [6.45, 7) is 0.166. The normalized spacial score (nSPS) is 13.8.